The Morgan fingerprint density at radius 3 is 2.67 bits per heavy atom. The second-order valence-electron chi connectivity index (χ2n) is 4.36. The number of halogens is 2. The summed E-state index contributed by atoms with van der Waals surface area (Å²) in [4.78, 5) is 10.4. The molecule has 0 saturated carbocycles. The molecule has 0 amide bonds. The molecule has 1 N–H and O–H groups in total. The van der Waals surface area contributed by atoms with E-state index in [9.17, 15) is 17.6 Å². The van der Waals surface area contributed by atoms with Gasteiger partial charge in [-0.2, -0.15) is 0 Å². The van der Waals surface area contributed by atoms with Crippen molar-refractivity contribution in [1.82, 2.24) is 4.72 Å². The number of esters is 1. The molecule has 0 aromatic heterocycles. The number of unbranched alkanes of at least 4 members (excludes halogenated alkanes) is 2. The zero-order valence-corrected chi connectivity index (χ0v) is 13.1. The molecule has 1 aromatic rings. The lowest BCUT2D eigenvalue weighted by Gasteiger charge is -2.07. The number of carbonyl (C=O) groups excluding carboxylic acids is 1. The number of carbonyl (C=O) groups is 1. The molecule has 0 aliphatic heterocycles. The van der Waals surface area contributed by atoms with Crippen molar-refractivity contribution in [2.75, 3.05) is 13.7 Å². The Morgan fingerprint density at radius 2 is 2.05 bits per heavy atom. The third-order valence-electron chi connectivity index (χ3n) is 2.76. The molecule has 0 radical (unpaired) electrons. The van der Waals surface area contributed by atoms with Crippen molar-refractivity contribution in [3.8, 4) is 0 Å². The normalized spacial score (nSPS) is 11.4. The van der Waals surface area contributed by atoms with Crippen molar-refractivity contribution >= 4 is 27.6 Å². The highest BCUT2D eigenvalue weighted by molar-refractivity contribution is 7.89. The van der Waals surface area contributed by atoms with Gasteiger partial charge in [0.05, 0.1) is 7.11 Å². The van der Waals surface area contributed by atoms with Gasteiger partial charge in [-0.15, -0.1) is 0 Å². The Morgan fingerprint density at radius 1 is 1.33 bits per heavy atom. The van der Waals surface area contributed by atoms with Crippen LogP contribution in [0.1, 0.15) is 25.7 Å². The molecule has 0 heterocycles. The first kappa shape index (κ1) is 17.9. The highest BCUT2D eigenvalue weighted by atomic mass is 35.5. The third kappa shape index (κ3) is 5.99. The minimum atomic E-state index is -3.89. The molecule has 118 valence electrons. The van der Waals surface area contributed by atoms with E-state index in [-0.39, 0.29) is 17.5 Å². The van der Waals surface area contributed by atoms with Crippen LogP contribution in [0.25, 0.3) is 0 Å². The highest BCUT2D eigenvalue weighted by Crippen LogP contribution is 2.18. The molecule has 0 unspecified atom stereocenters. The predicted octanol–water partition coefficient (Wildman–Crippen LogP) is 2.49. The van der Waals surface area contributed by atoms with E-state index >= 15 is 0 Å². The van der Waals surface area contributed by atoms with E-state index in [1.165, 1.54) is 13.2 Å². The largest absolute Gasteiger partial charge is 0.469 e. The fraction of sp³-hybridized carbons (Fsp3) is 0.462. The van der Waals surface area contributed by atoms with E-state index in [1.807, 2.05) is 0 Å². The van der Waals surface area contributed by atoms with Crippen LogP contribution in [0.3, 0.4) is 0 Å². The molecule has 0 fully saturated rings. The van der Waals surface area contributed by atoms with Crippen LogP contribution < -0.4 is 4.72 Å². The van der Waals surface area contributed by atoms with Gasteiger partial charge >= 0.3 is 5.97 Å². The third-order valence-corrected chi connectivity index (χ3v) is 4.49. The van der Waals surface area contributed by atoms with Crippen LogP contribution in [0, 0.1) is 5.82 Å². The Labute approximate surface area is 128 Å². The molecule has 0 bridgehead atoms. The number of sulfonamides is 1. The van der Waals surface area contributed by atoms with E-state index < -0.39 is 20.7 Å². The summed E-state index contributed by atoms with van der Waals surface area (Å²) in [7, 11) is -2.57. The lowest BCUT2D eigenvalue weighted by atomic mass is 10.2. The average molecular weight is 338 g/mol. The number of rotatable bonds is 8. The molecule has 0 saturated heterocycles. The van der Waals surface area contributed by atoms with Gasteiger partial charge in [0, 0.05) is 18.0 Å². The minimum Gasteiger partial charge on any atom is -0.469 e. The summed E-state index contributed by atoms with van der Waals surface area (Å²) < 4.78 is 44.1. The van der Waals surface area contributed by atoms with Gasteiger partial charge in [0.15, 0.2) is 0 Å². The lowest BCUT2D eigenvalue weighted by molar-refractivity contribution is -0.140. The zero-order chi connectivity index (χ0) is 15.9. The van der Waals surface area contributed by atoms with Gasteiger partial charge in [-0.3, -0.25) is 4.79 Å². The first-order valence-corrected chi connectivity index (χ1v) is 8.24. The van der Waals surface area contributed by atoms with Crippen molar-refractivity contribution in [1.29, 1.82) is 0 Å². The van der Waals surface area contributed by atoms with E-state index in [4.69, 9.17) is 11.6 Å². The van der Waals surface area contributed by atoms with Crippen LogP contribution in [0.15, 0.2) is 23.1 Å². The van der Waals surface area contributed by atoms with E-state index in [1.54, 1.807) is 0 Å². The van der Waals surface area contributed by atoms with Gasteiger partial charge in [-0.25, -0.2) is 17.5 Å². The van der Waals surface area contributed by atoms with E-state index in [0.29, 0.717) is 25.7 Å². The Bertz CT molecular complexity index is 592. The standard InChI is InChI=1S/C13H17ClFNO4S/c1-20-13(17)5-3-2-4-8-16-21(18,19)12-7-6-10(14)9-11(12)15/h6-7,9,16H,2-5,8H2,1H3. The van der Waals surface area contributed by atoms with Gasteiger partial charge in [-0.05, 0) is 31.0 Å². The predicted molar refractivity (Wildman–Crippen MR) is 77.1 cm³/mol. The van der Waals surface area contributed by atoms with Crippen LogP contribution in [-0.4, -0.2) is 28.0 Å². The molecule has 0 aliphatic carbocycles. The number of hydrogen-bond acceptors (Lipinski definition) is 4. The van der Waals surface area contributed by atoms with Crippen molar-refractivity contribution in [2.45, 2.75) is 30.6 Å². The Kier molecular flexibility index (Phi) is 7.07. The SMILES string of the molecule is COC(=O)CCCCCNS(=O)(=O)c1ccc(Cl)cc1F. The van der Waals surface area contributed by atoms with Crippen molar-refractivity contribution < 1.29 is 22.3 Å². The van der Waals surface area contributed by atoms with Crippen molar-refractivity contribution in [3.05, 3.63) is 29.0 Å². The number of methoxy groups -OCH3 is 1. The fourth-order valence-electron chi connectivity index (χ4n) is 1.65. The van der Waals surface area contributed by atoms with Gasteiger partial charge in [-0.1, -0.05) is 18.0 Å². The first-order chi connectivity index (χ1) is 9.86. The summed E-state index contributed by atoms with van der Waals surface area (Å²) in [6.45, 7) is 0.172. The van der Waals surface area contributed by atoms with Gasteiger partial charge < -0.3 is 4.74 Å². The minimum absolute atomic E-state index is 0.134. The molecule has 5 nitrogen and oxygen atoms in total. The van der Waals surface area contributed by atoms with E-state index in [2.05, 4.69) is 9.46 Å². The number of hydrogen-bond donors (Lipinski definition) is 1. The highest BCUT2D eigenvalue weighted by Gasteiger charge is 2.18. The molecule has 21 heavy (non-hydrogen) atoms. The van der Waals surface area contributed by atoms with Gasteiger partial charge in [0.1, 0.15) is 10.7 Å². The Hall–Kier alpha value is -1.18. The molecule has 1 rings (SSSR count). The smallest absolute Gasteiger partial charge is 0.305 e. The van der Waals surface area contributed by atoms with Crippen LogP contribution in [0.2, 0.25) is 5.02 Å². The van der Waals surface area contributed by atoms with Gasteiger partial charge in [0.25, 0.3) is 0 Å². The summed E-state index contributed by atoms with van der Waals surface area (Å²) in [5.41, 5.74) is 0. The maximum atomic E-state index is 13.5. The summed E-state index contributed by atoms with van der Waals surface area (Å²) in [6.07, 6.45) is 2.13. The lowest BCUT2D eigenvalue weighted by Crippen LogP contribution is -2.25. The second kappa shape index (κ2) is 8.31. The summed E-state index contributed by atoms with van der Waals surface area (Å²) in [5.74, 6) is -1.18. The molecule has 0 aliphatic rings. The molecular formula is C13H17ClFNO4S. The number of ether oxygens (including phenoxy) is 1. The molecule has 8 heteroatoms. The van der Waals surface area contributed by atoms with Crippen LogP contribution in [0.5, 0.6) is 0 Å². The van der Waals surface area contributed by atoms with Crippen LogP contribution in [0.4, 0.5) is 4.39 Å². The fourth-order valence-corrected chi connectivity index (χ4v) is 2.94. The summed E-state index contributed by atoms with van der Waals surface area (Å²) in [6, 6.07) is 3.39. The monoisotopic (exact) mass is 337 g/mol. The van der Waals surface area contributed by atoms with E-state index in [0.717, 1.165) is 12.1 Å². The average Bonchev–Trinajstić information content (AvgIpc) is 2.41. The van der Waals surface area contributed by atoms with Crippen LogP contribution >= 0.6 is 11.6 Å². The summed E-state index contributed by atoms with van der Waals surface area (Å²) >= 11 is 5.57. The first-order valence-electron chi connectivity index (χ1n) is 6.38. The molecule has 1 aromatic carbocycles. The maximum absolute atomic E-state index is 13.5. The maximum Gasteiger partial charge on any atom is 0.305 e. The topological polar surface area (TPSA) is 72.5 Å². The van der Waals surface area contributed by atoms with Gasteiger partial charge in [0.2, 0.25) is 10.0 Å². The molecular weight excluding hydrogens is 321 g/mol. The second-order valence-corrected chi connectivity index (χ2v) is 6.53. The zero-order valence-electron chi connectivity index (χ0n) is 11.6. The summed E-state index contributed by atoms with van der Waals surface area (Å²) in [5, 5.41) is 0.134. The van der Waals surface area contributed by atoms with Crippen LogP contribution in [-0.2, 0) is 19.6 Å². The van der Waals surface area contributed by atoms with Crippen molar-refractivity contribution in [2.24, 2.45) is 0 Å². The number of benzene rings is 1. The van der Waals surface area contributed by atoms with Crippen molar-refractivity contribution in [3.63, 3.8) is 0 Å². The molecule has 0 spiro atoms. The number of nitrogens with one attached hydrogen (secondary N) is 1. The molecule has 0 atom stereocenters. The Balaban J connectivity index is 2.42. The quantitative estimate of drug-likeness (QED) is 0.584.